The average molecular weight is 659 g/mol. The van der Waals surface area contributed by atoms with Crippen molar-refractivity contribution in [3.8, 4) is 0 Å². The van der Waals surface area contributed by atoms with Gasteiger partial charge in [-0.15, -0.1) is 0 Å². The fourth-order valence-electron chi connectivity index (χ4n) is 4.39. The zero-order valence-corrected chi connectivity index (χ0v) is 25.9. The van der Waals surface area contributed by atoms with Crippen molar-refractivity contribution in [3.05, 3.63) is 99.5 Å². The van der Waals surface area contributed by atoms with E-state index in [1.165, 1.54) is 4.90 Å². The van der Waals surface area contributed by atoms with Crippen molar-refractivity contribution in [1.29, 1.82) is 0 Å². The van der Waals surface area contributed by atoms with Crippen LogP contribution >= 0.6 is 23.2 Å². The second kappa shape index (κ2) is 14.9. The summed E-state index contributed by atoms with van der Waals surface area (Å²) >= 11 is 11.9. The molecule has 13 heteroatoms. The molecule has 0 saturated heterocycles. The normalized spacial score (nSPS) is 12.4. The van der Waals surface area contributed by atoms with E-state index in [0.717, 1.165) is 30.4 Å². The molecule has 0 saturated carbocycles. The summed E-state index contributed by atoms with van der Waals surface area (Å²) in [4.78, 5) is 28.8. The fourth-order valence-corrected chi connectivity index (χ4v) is 5.67. The number of amides is 2. The first-order valence-corrected chi connectivity index (χ1v) is 16.0. The summed E-state index contributed by atoms with van der Waals surface area (Å²) in [5, 5.41) is 2.62. The third-order valence-corrected chi connectivity index (χ3v) is 8.27. The van der Waals surface area contributed by atoms with E-state index in [0.29, 0.717) is 33.9 Å². The smallest absolute Gasteiger partial charge is 0.354 e. The average Bonchev–Trinajstić information content (AvgIpc) is 2.93. The number of sulfonamides is 1. The van der Waals surface area contributed by atoms with Gasteiger partial charge in [0.05, 0.1) is 22.5 Å². The van der Waals surface area contributed by atoms with Crippen LogP contribution in [0.5, 0.6) is 0 Å². The largest absolute Gasteiger partial charge is 0.417 e. The van der Waals surface area contributed by atoms with E-state index in [2.05, 4.69) is 5.32 Å². The molecule has 0 bridgehead atoms. The number of anilines is 1. The Balaban J connectivity index is 2.08. The molecule has 0 radical (unpaired) electrons. The third-order valence-electron chi connectivity index (χ3n) is 6.57. The Morgan fingerprint density at radius 3 is 2.23 bits per heavy atom. The molecule has 3 aromatic rings. The molecule has 43 heavy (non-hydrogen) atoms. The Hall–Kier alpha value is -3.28. The van der Waals surface area contributed by atoms with Gasteiger partial charge in [-0.3, -0.25) is 13.9 Å². The highest BCUT2D eigenvalue weighted by Gasteiger charge is 2.36. The first-order chi connectivity index (χ1) is 20.2. The molecule has 0 heterocycles. The Labute approximate surface area is 259 Å². The van der Waals surface area contributed by atoms with E-state index in [-0.39, 0.29) is 13.0 Å². The SMILES string of the molecule is CCCCNC(=O)[C@H](Cc1ccccc1)N(Cc1cccc(Cl)c1)C(=O)CN(c1ccc(Cl)c(C(F)(F)F)c1)S(C)(=O)=O. The van der Waals surface area contributed by atoms with Gasteiger partial charge in [0.2, 0.25) is 21.8 Å². The summed E-state index contributed by atoms with van der Waals surface area (Å²) in [6.07, 6.45) is -2.47. The maximum atomic E-state index is 14.0. The van der Waals surface area contributed by atoms with Gasteiger partial charge in [-0.25, -0.2) is 8.42 Å². The lowest BCUT2D eigenvalue weighted by Gasteiger charge is -2.33. The fraction of sp³-hybridized carbons (Fsp3) is 0.333. The highest BCUT2D eigenvalue weighted by Crippen LogP contribution is 2.37. The van der Waals surface area contributed by atoms with Crippen molar-refractivity contribution in [2.24, 2.45) is 0 Å². The number of alkyl halides is 3. The lowest BCUT2D eigenvalue weighted by molar-refractivity contribution is -0.140. The molecule has 0 aromatic heterocycles. The molecule has 0 fully saturated rings. The van der Waals surface area contributed by atoms with Crippen molar-refractivity contribution in [2.75, 3.05) is 23.7 Å². The number of rotatable bonds is 13. The standard InChI is InChI=1S/C30H32Cl2F3N3O4S/c1-3-4-15-36-29(40)27(17-21-9-6-5-7-10-21)37(19-22-11-8-12-23(31)16-22)28(39)20-38(43(2,41)42)24-13-14-26(32)25(18-24)30(33,34)35/h5-14,16,18,27H,3-4,15,17,19-20H2,1-2H3,(H,36,40)/t27-/m0/s1. The Morgan fingerprint density at radius 1 is 0.953 bits per heavy atom. The second-order valence-electron chi connectivity index (χ2n) is 9.93. The number of halogens is 5. The maximum absolute atomic E-state index is 14.0. The van der Waals surface area contributed by atoms with Gasteiger partial charge >= 0.3 is 6.18 Å². The van der Waals surface area contributed by atoms with Gasteiger partial charge < -0.3 is 10.2 Å². The van der Waals surface area contributed by atoms with Crippen molar-refractivity contribution in [3.63, 3.8) is 0 Å². The zero-order valence-electron chi connectivity index (χ0n) is 23.6. The number of nitrogens with zero attached hydrogens (tertiary/aromatic N) is 2. The van der Waals surface area contributed by atoms with E-state index in [1.54, 1.807) is 54.6 Å². The Bertz CT molecular complexity index is 1520. The Kier molecular flexibility index (Phi) is 11.9. The molecule has 1 atom stereocenters. The molecule has 1 N–H and O–H groups in total. The topological polar surface area (TPSA) is 86.8 Å². The molecule has 0 aliphatic heterocycles. The molecule has 2 amide bonds. The first kappa shape index (κ1) is 34.2. The predicted octanol–water partition coefficient (Wildman–Crippen LogP) is 6.33. The van der Waals surface area contributed by atoms with Crippen LogP contribution in [0.2, 0.25) is 10.0 Å². The van der Waals surface area contributed by atoms with Gasteiger partial charge in [0, 0.05) is 24.5 Å². The molecule has 232 valence electrons. The van der Waals surface area contributed by atoms with E-state index in [4.69, 9.17) is 23.2 Å². The quantitative estimate of drug-likeness (QED) is 0.218. The van der Waals surface area contributed by atoms with Crippen LogP contribution < -0.4 is 9.62 Å². The van der Waals surface area contributed by atoms with Gasteiger partial charge in [-0.1, -0.05) is 79.0 Å². The third kappa shape index (κ3) is 9.87. The lowest BCUT2D eigenvalue weighted by atomic mass is 10.0. The minimum absolute atomic E-state index is 0.100. The number of benzene rings is 3. The molecule has 3 rings (SSSR count). The van der Waals surface area contributed by atoms with Crippen LogP contribution in [0.25, 0.3) is 0 Å². The number of hydrogen-bond donors (Lipinski definition) is 1. The zero-order chi connectivity index (χ0) is 31.8. The highest BCUT2D eigenvalue weighted by atomic mass is 35.5. The predicted molar refractivity (Wildman–Crippen MR) is 162 cm³/mol. The van der Waals surface area contributed by atoms with Crippen LogP contribution in [0.1, 0.15) is 36.5 Å². The van der Waals surface area contributed by atoms with Gasteiger partial charge in [-0.05, 0) is 47.9 Å². The van der Waals surface area contributed by atoms with Crippen LogP contribution in [0.15, 0.2) is 72.8 Å². The summed E-state index contributed by atoms with van der Waals surface area (Å²) in [7, 11) is -4.27. The van der Waals surface area contributed by atoms with Crippen LogP contribution in [-0.2, 0) is 38.8 Å². The molecular weight excluding hydrogens is 626 g/mol. The van der Waals surface area contributed by atoms with Crippen molar-refractivity contribution in [2.45, 2.75) is 44.9 Å². The summed E-state index contributed by atoms with van der Waals surface area (Å²) in [6, 6.07) is 17.1. The lowest BCUT2D eigenvalue weighted by Crippen LogP contribution is -2.53. The highest BCUT2D eigenvalue weighted by molar-refractivity contribution is 7.92. The second-order valence-corrected chi connectivity index (χ2v) is 12.7. The number of unbranched alkanes of at least 4 members (excludes halogenated alkanes) is 1. The minimum atomic E-state index is -4.86. The molecular formula is C30H32Cl2F3N3O4S. The van der Waals surface area contributed by atoms with E-state index in [1.807, 2.05) is 6.92 Å². The van der Waals surface area contributed by atoms with E-state index >= 15 is 0 Å². The van der Waals surface area contributed by atoms with Crippen molar-refractivity contribution < 1.29 is 31.2 Å². The van der Waals surface area contributed by atoms with Gasteiger partial charge in [0.25, 0.3) is 0 Å². The van der Waals surface area contributed by atoms with Crippen molar-refractivity contribution in [1.82, 2.24) is 10.2 Å². The Morgan fingerprint density at radius 2 is 1.63 bits per heavy atom. The summed E-state index contributed by atoms with van der Waals surface area (Å²) < 4.78 is 67.1. The number of carbonyl (C=O) groups excluding carboxylic acids is 2. The monoisotopic (exact) mass is 657 g/mol. The summed E-state index contributed by atoms with van der Waals surface area (Å²) in [5.74, 6) is -1.26. The first-order valence-electron chi connectivity index (χ1n) is 13.4. The van der Waals surface area contributed by atoms with Crippen LogP contribution in [-0.4, -0.2) is 50.5 Å². The van der Waals surface area contributed by atoms with Crippen LogP contribution in [0, 0.1) is 0 Å². The molecule has 0 aliphatic carbocycles. The van der Waals surface area contributed by atoms with Crippen LogP contribution in [0.4, 0.5) is 18.9 Å². The maximum Gasteiger partial charge on any atom is 0.417 e. The molecule has 0 unspecified atom stereocenters. The minimum Gasteiger partial charge on any atom is -0.354 e. The van der Waals surface area contributed by atoms with Crippen molar-refractivity contribution >= 4 is 50.7 Å². The number of hydrogen-bond acceptors (Lipinski definition) is 4. The van der Waals surface area contributed by atoms with E-state index < -0.39 is 56.9 Å². The summed E-state index contributed by atoms with van der Waals surface area (Å²) in [6.45, 7) is 1.33. The van der Waals surface area contributed by atoms with E-state index in [9.17, 15) is 31.2 Å². The molecule has 3 aromatic carbocycles. The molecule has 0 spiro atoms. The summed E-state index contributed by atoms with van der Waals surface area (Å²) in [5.41, 5.74) is -0.338. The molecule has 0 aliphatic rings. The number of nitrogens with one attached hydrogen (secondary N) is 1. The van der Waals surface area contributed by atoms with Gasteiger partial charge in [-0.2, -0.15) is 13.2 Å². The number of carbonyl (C=O) groups is 2. The molecule has 7 nitrogen and oxygen atoms in total. The van der Waals surface area contributed by atoms with Gasteiger partial charge in [0.15, 0.2) is 0 Å². The van der Waals surface area contributed by atoms with Gasteiger partial charge in [0.1, 0.15) is 12.6 Å². The van der Waals surface area contributed by atoms with Crippen LogP contribution in [0.3, 0.4) is 0 Å².